The summed E-state index contributed by atoms with van der Waals surface area (Å²) >= 11 is 0. The molecule has 0 saturated heterocycles. The number of aliphatic carboxylic acids is 1. The molecule has 0 aromatic carbocycles. The maximum Gasteiger partial charge on any atom is 0.0414 e. The van der Waals surface area contributed by atoms with E-state index >= 15 is 0 Å². The van der Waals surface area contributed by atoms with Crippen molar-refractivity contribution in [2.75, 3.05) is 19.8 Å². The first-order valence-electron chi connectivity index (χ1n) is 8.96. The first-order valence-corrected chi connectivity index (χ1v) is 8.96. The number of carboxylic acids is 1. The van der Waals surface area contributed by atoms with Crippen LogP contribution in [0.3, 0.4) is 0 Å². The van der Waals surface area contributed by atoms with E-state index in [1.165, 1.54) is 44.9 Å². The molecule has 0 atom stereocenters. The molecule has 0 aliphatic rings. The summed E-state index contributed by atoms with van der Waals surface area (Å²) in [6.45, 7) is 6.93. The second-order valence-corrected chi connectivity index (χ2v) is 4.82. The van der Waals surface area contributed by atoms with Crippen LogP contribution in [-0.4, -0.2) is 25.8 Å². The van der Waals surface area contributed by atoms with Crippen molar-refractivity contribution in [3.63, 3.8) is 0 Å². The minimum atomic E-state index is -0.909. The van der Waals surface area contributed by atoms with E-state index in [1.807, 2.05) is 0 Å². The van der Waals surface area contributed by atoms with Gasteiger partial charge in [0.1, 0.15) is 0 Å². The van der Waals surface area contributed by atoms with Gasteiger partial charge in [0.2, 0.25) is 0 Å². The molecule has 0 aliphatic heterocycles. The van der Waals surface area contributed by atoms with Gasteiger partial charge in [-0.05, 0) is 12.8 Å². The van der Waals surface area contributed by atoms with E-state index in [0.29, 0.717) is 0 Å². The Labute approximate surface area is 168 Å². The van der Waals surface area contributed by atoms with Crippen LogP contribution in [0.4, 0.5) is 0 Å². The summed E-state index contributed by atoms with van der Waals surface area (Å²) in [7, 11) is 0. The molecule has 176 valence electrons. The molecule has 0 unspecified atom stereocenters. The fourth-order valence-corrected chi connectivity index (χ4v) is 1.58. The second kappa shape index (κ2) is 63.9. The van der Waals surface area contributed by atoms with Crippen molar-refractivity contribution in [2.24, 2.45) is 0 Å². The number of hydrogen-bond donors (Lipinski definition) is 4. The predicted molar refractivity (Wildman–Crippen MR) is 112 cm³/mol. The minimum Gasteiger partial charge on any atom is -0.855 e. The van der Waals surface area contributed by atoms with Gasteiger partial charge in [0, 0.05) is 5.97 Å². The van der Waals surface area contributed by atoms with Gasteiger partial charge in [-0.25, -0.2) is 0 Å². The molecule has 9 heteroatoms. The maximum absolute atomic E-state index is 10.1. The zero-order chi connectivity index (χ0) is 18.8. The Morgan fingerprint density at radius 3 is 1.00 bits per heavy atom. The van der Waals surface area contributed by atoms with Gasteiger partial charge in [-0.2, -0.15) is 0 Å². The van der Waals surface area contributed by atoms with Crippen molar-refractivity contribution in [3.05, 3.63) is 0 Å². The van der Waals surface area contributed by atoms with Gasteiger partial charge < -0.3 is 49.8 Å². The quantitative estimate of drug-likeness (QED) is 0.396. The molecule has 16 N–H and O–H groups in total. The van der Waals surface area contributed by atoms with Crippen LogP contribution in [-0.2, 0) is 4.79 Å². The average molecular weight is 407 g/mol. The van der Waals surface area contributed by atoms with E-state index in [-0.39, 0.29) is 50.8 Å². The van der Waals surface area contributed by atoms with Gasteiger partial charge >= 0.3 is 0 Å². The Balaban J connectivity index is -0.0000000396. The topological polar surface area (TPSA) is 255 Å². The Bertz CT molecular complexity index is 186. The predicted octanol–water partition coefficient (Wildman–Crippen LogP) is 2.26. The Kier molecular flexibility index (Phi) is 119. The highest BCUT2D eigenvalue weighted by Gasteiger charge is 1.92. The van der Waals surface area contributed by atoms with Gasteiger partial charge in [0.25, 0.3) is 0 Å². The summed E-state index contributed by atoms with van der Waals surface area (Å²) in [5.41, 5.74) is 0. The van der Waals surface area contributed by atoms with E-state index in [2.05, 4.69) is 6.92 Å². The fraction of sp³-hybridized carbons (Fsp3) is 0.944. The lowest BCUT2D eigenvalue weighted by atomic mass is 10.1. The summed E-state index contributed by atoms with van der Waals surface area (Å²) in [5, 5.41) is 36.9. The first-order chi connectivity index (χ1) is 11.0. The lowest BCUT2D eigenvalue weighted by Crippen LogP contribution is -2.21. The molecular formula is C18H54N4O5. The summed E-state index contributed by atoms with van der Waals surface area (Å²) in [4.78, 5) is 10.1. The van der Waals surface area contributed by atoms with Crippen molar-refractivity contribution in [3.8, 4) is 0 Å². The van der Waals surface area contributed by atoms with Crippen molar-refractivity contribution in [1.82, 2.24) is 24.6 Å². The van der Waals surface area contributed by atoms with Crippen LogP contribution in [0.5, 0.6) is 0 Å². The monoisotopic (exact) mass is 406 g/mol. The zero-order valence-electron chi connectivity index (χ0n) is 19.7. The molecule has 0 aromatic rings. The van der Waals surface area contributed by atoms with Crippen LogP contribution in [0.1, 0.15) is 91.9 Å². The van der Waals surface area contributed by atoms with Crippen LogP contribution >= 0.6 is 0 Å². The summed E-state index contributed by atoms with van der Waals surface area (Å²) in [6, 6.07) is 0. The third-order valence-electron chi connectivity index (χ3n) is 2.48. The number of carbonyl (C=O) groups excluding carboxylic acids is 1. The van der Waals surface area contributed by atoms with Crippen LogP contribution < -0.4 is 45.0 Å². The van der Waals surface area contributed by atoms with Crippen molar-refractivity contribution >= 4 is 5.97 Å². The average Bonchev–Trinajstić information content (AvgIpc) is 2.48. The molecule has 0 saturated carbocycles. The molecule has 0 rings (SSSR count). The first kappa shape index (κ1) is 50.2. The van der Waals surface area contributed by atoms with Crippen LogP contribution in [0.25, 0.3) is 0 Å². The van der Waals surface area contributed by atoms with E-state index < -0.39 is 5.97 Å². The van der Waals surface area contributed by atoms with E-state index in [0.717, 1.165) is 12.8 Å². The van der Waals surface area contributed by atoms with E-state index in [4.69, 9.17) is 15.3 Å². The van der Waals surface area contributed by atoms with Crippen LogP contribution in [0.2, 0.25) is 0 Å². The van der Waals surface area contributed by atoms with Crippen LogP contribution in [0, 0.1) is 0 Å². The summed E-state index contributed by atoms with van der Waals surface area (Å²) in [5.74, 6) is -0.909. The Morgan fingerprint density at radius 1 is 0.556 bits per heavy atom. The minimum absolute atomic E-state index is 0. The number of unbranched alkanes of at least 4 members (excludes halogenated alkanes) is 8. The van der Waals surface area contributed by atoms with Crippen molar-refractivity contribution < 1.29 is 25.2 Å². The largest absolute Gasteiger partial charge is 0.855 e. The van der Waals surface area contributed by atoms with E-state index in [9.17, 15) is 9.90 Å². The number of carbonyl (C=O) groups is 1. The molecule has 0 aromatic heterocycles. The smallest absolute Gasteiger partial charge is 0.0414 e. The van der Waals surface area contributed by atoms with Gasteiger partial charge in [-0.15, -0.1) is 19.8 Å². The van der Waals surface area contributed by atoms with Gasteiger partial charge in [0.05, 0.1) is 0 Å². The molecule has 0 bridgehead atoms. The second-order valence-electron chi connectivity index (χ2n) is 4.82. The molecule has 0 aliphatic carbocycles. The molecule has 0 heterocycles. The maximum atomic E-state index is 10.1. The Morgan fingerprint density at radius 2 is 0.778 bits per heavy atom. The highest BCUT2D eigenvalue weighted by Crippen LogP contribution is 2.09. The van der Waals surface area contributed by atoms with Crippen LogP contribution in [0.15, 0.2) is 0 Å². The number of rotatable bonds is 10. The standard InChI is InChI=1S/C12H24O2.3C2H5O.4H3N/c1-2-3-4-5-6-7-8-9-10-11-12(13)14;3*1-2-3;;;;/h2-11H2,1H3,(H,13,14);3*2H2,1H3;4*1H3/q;3*-1;;;;/p+3. The number of quaternary nitrogens is 4. The molecule has 0 fully saturated rings. The molecule has 9 nitrogen and oxygen atoms in total. The molecule has 0 amide bonds. The number of hydrogen-bond acceptors (Lipinski definition) is 5. The molecule has 0 radical (unpaired) electrons. The molecule has 0 spiro atoms. The van der Waals surface area contributed by atoms with E-state index in [1.54, 1.807) is 20.8 Å². The highest BCUT2D eigenvalue weighted by atomic mass is 16.4. The zero-order valence-corrected chi connectivity index (χ0v) is 19.7. The third kappa shape index (κ3) is 130. The summed E-state index contributed by atoms with van der Waals surface area (Å²) in [6.07, 6.45) is 11.2. The molecular weight excluding hydrogens is 352 g/mol. The lowest BCUT2D eigenvalue weighted by Gasteiger charge is -2.02. The normalized spacial score (nSPS) is 7.37. The van der Waals surface area contributed by atoms with Gasteiger partial charge in [0.15, 0.2) is 0 Å². The van der Waals surface area contributed by atoms with Crippen molar-refractivity contribution in [2.45, 2.75) is 91.9 Å². The highest BCUT2D eigenvalue weighted by molar-refractivity contribution is 5.63. The molecule has 27 heavy (non-hydrogen) atoms. The fourth-order valence-electron chi connectivity index (χ4n) is 1.58. The van der Waals surface area contributed by atoms with Gasteiger partial charge in [-0.1, -0.05) is 79.1 Å². The number of carboxylic acid groups (broad SMARTS) is 1. The lowest BCUT2D eigenvalue weighted by molar-refractivity contribution is -0.362. The summed E-state index contributed by atoms with van der Waals surface area (Å²) < 4.78 is 0. The Hall–Kier alpha value is -0.810. The van der Waals surface area contributed by atoms with Crippen molar-refractivity contribution in [1.29, 1.82) is 0 Å². The van der Waals surface area contributed by atoms with Gasteiger partial charge in [-0.3, -0.25) is 0 Å². The SMILES string of the molecule is CCCCCCCCCCCC(=O)[O-].CC[O-].CC[O-].CC[O-].[NH4+].[NH4+].[NH4+].[NH4+]. The third-order valence-corrected chi connectivity index (χ3v) is 2.48.